The summed E-state index contributed by atoms with van der Waals surface area (Å²) in [4.78, 5) is 7.34. The second kappa shape index (κ2) is 2.25. The summed E-state index contributed by atoms with van der Waals surface area (Å²) in [5.74, 6) is 0.637. The Balaban J connectivity index is 2.35. The molecule has 0 unspecified atom stereocenters. The van der Waals surface area contributed by atoms with Crippen LogP contribution in [0.15, 0.2) is 16.5 Å². The van der Waals surface area contributed by atoms with Crippen LogP contribution in [0.25, 0.3) is 22.5 Å². The highest BCUT2D eigenvalue weighted by Crippen LogP contribution is 2.27. The molecule has 0 aliphatic carbocycles. The van der Waals surface area contributed by atoms with E-state index in [2.05, 4.69) is 29.0 Å². The number of nitrogens with zero attached hydrogens (tertiary/aromatic N) is 1. The first-order chi connectivity index (χ1) is 6.38. The molecule has 2 aromatic heterocycles. The van der Waals surface area contributed by atoms with E-state index in [-0.39, 0.29) is 0 Å². The van der Waals surface area contributed by atoms with Gasteiger partial charge in [-0.1, -0.05) is 19.4 Å². The van der Waals surface area contributed by atoms with Crippen LogP contribution in [0, 0.1) is 0 Å². The summed E-state index contributed by atoms with van der Waals surface area (Å²) < 4.78 is 5.51. The Kier molecular flexibility index (Phi) is 1.20. The third-order valence-electron chi connectivity index (χ3n) is 2.39. The second-order valence-corrected chi connectivity index (χ2v) is 3.34. The minimum atomic E-state index is 0.637. The summed E-state index contributed by atoms with van der Waals surface area (Å²) in [5.41, 5.74) is 4.30. The van der Waals surface area contributed by atoms with Crippen molar-refractivity contribution in [2.75, 3.05) is 0 Å². The summed E-state index contributed by atoms with van der Waals surface area (Å²) in [5, 5.41) is 0. The Hall–Kier alpha value is -1.51. The second-order valence-electron chi connectivity index (χ2n) is 3.34. The Bertz CT molecular complexity index is 535. The number of fused-ring (bicyclic) bond motifs is 1. The van der Waals surface area contributed by atoms with Gasteiger partial charge in [-0.2, -0.15) is 4.98 Å². The molecule has 3 rings (SSSR count). The molecule has 66 valence electrons. The fourth-order valence-electron chi connectivity index (χ4n) is 1.79. The molecule has 0 aliphatic rings. The van der Waals surface area contributed by atoms with Crippen LogP contribution >= 0.6 is 0 Å². The average Bonchev–Trinajstić information content (AvgIpc) is 2.68. The van der Waals surface area contributed by atoms with E-state index in [0.29, 0.717) is 5.84 Å². The minimum Gasteiger partial charge on any atom is -0.423 e. The Morgan fingerprint density at radius 2 is 2.38 bits per heavy atom. The molecule has 13 heavy (non-hydrogen) atoms. The molecular weight excluding hydrogens is 164 g/mol. The number of nitrogens with one attached hydrogen (secondary N) is 1. The maximum Gasteiger partial charge on any atom is 0.300 e. The number of hydrogen-bond acceptors (Lipinski definition) is 2. The molecule has 0 fully saturated rings. The molecule has 0 saturated heterocycles. The first-order valence-electron chi connectivity index (χ1n) is 4.58. The van der Waals surface area contributed by atoms with Crippen LogP contribution in [0.5, 0.6) is 0 Å². The number of aromatic nitrogens is 2. The molecule has 0 atom stereocenters. The van der Waals surface area contributed by atoms with E-state index in [1.165, 1.54) is 5.56 Å². The Morgan fingerprint density at radius 3 is 3.15 bits per heavy atom. The monoisotopic (exact) mass is 174 g/mol. The summed E-state index contributed by atoms with van der Waals surface area (Å²) >= 11 is 0. The normalized spacial score (nSPS) is 12.1. The lowest BCUT2D eigenvalue weighted by Crippen LogP contribution is -1.85. The predicted molar refractivity (Wildman–Crippen MR) is 51.0 cm³/mol. The molecule has 0 radical (unpaired) electrons. The van der Waals surface area contributed by atoms with Gasteiger partial charge in [0.05, 0.1) is 5.52 Å². The van der Waals surface area contributed by atoms with Crippen LogP contribution in [-0.4, -0.2) is 9.97 Å². The van der Waals surface area contributed by atoms with E-state index in [4.69, 9.17) is 4.42 Å². The maximum absolute atomic E-state index is 5.51. The molecule has 3 aromatic rings. The number of oxazole rings is 1. The van der Waals surface area contributed by atoms with Gasteiger partial charge in [-0.3, -0.25) is 0 Å². The van der Waals surface area contributed by atoms with Crippen molar-refractivity contribution >= 4 is 22.5 Å². The molecule has 3 heteroatoms. The molecule has 1 N–H and O–H groups in total. The first-order valence-corrected chi connectivity index (χ1v) is 4.58. The van der Waals surface area contributed by atoms with Gasteiger partial charge in [0, 0.05) is 0 Å². The quantitative estimate of drug-likeness (QED) is 0.649. The smallest absolute Gasteiger partial charge is 0.300 e. The fraction of sp³-hybridized carbons (Fsp3) is 0.300. The number of benzene rings is 1. The zero-order valence-electron chi connectivity index (χ0n) is 7.42. The van der Waals surface area contributed by atoms with Crippen molar-refractivity contribution in [2.24, 2.45) is 0 Å². The highest BCUT2D eigenvalue weighted by atomic mass is 16.4. The Morgan fingerprint density at radius 1 is 1.46 bits per heavy atom. The van der Waals surface area contributed by atoms with Crippen molar-refractivity contribution in [3.05, 3.63) is 17.7 Å². The Labute approximate surface area is 75.1 Å². The summed E-state index contributed by atoms with van der Waals surface area (Å²) in [7, 11) is 0. The largest absolute Gasteiger partial charge is 0.423 e. The SMILES string of the molecule is CCCc1ccc2[nH]c3nc2c1o3. The fourth-order valence-corrected chi connectivity index (χ4v) is 1.79. The lowest BCUT2D eigenvalue weighted by Gasteiger charge is -2.00. The van der Waals surface area contributed by atoms with Gasteiger partial charge in [0.15, 0.2) is 5.58 Å². The van der Waals surface area contributed by atoms with Gasteiger partial charge in [0.1, 0.15) is 5.52 Å². The van der Waals surface area contributed by atoms with Gasteiger partial charge in [-0.15, -0.1) is 0 Å². The van der Waals surface area contributed by atoms with Gasteiger partial charge >= 0.3 is 0 Å². The summed E-state index contributed by atoms with van der Waals surface area (Å²) in [6, 6.07) is 4.19. The van der Waals surface area contributed by atoms with Crippen molar-refractivity contribution in [1.29, 1.82) is 0 Å². The maximum atomic E-state index is 5.51. The number of aromatic amines is 1. The number of rotatable bonds is 2. The summed E-state index contributed by atoms with van der Waals surface area (Å²) in [6.45, 7) is 2.17. The van der Waals surface area contributed by atoms with Crippen LogP contribution in [0.1, 0.15) is 18.9 Å². The van der Waals surface area contributed by atoms with Gasteiger partial charge in [0.25, 0.3) is 5.84 Å². The van der Waals surface area contributed by atoms with Gasteiger partial charge in [0.2, 0.25) is 0 Å². The standard InChI is InChI=1S/C10H10N2O/c1-2-3-6-4-5-7-8-9(6)13-10(11-7)12-8/h4-5H,2-3H2,1H3,(H,11,12). The van der Waals surface area contributed by atoms with Gasteiger partial charge in [-0.25, -0.2) is 0 Å². The zero-order valence-corrected chi connectivity index (χ0v) is 7.42. The molecule has 2 bridgehead atoms. The minimum absolute atomic E-state index is 0.637. The molecule has 0 spiro atoms. The first kappa shape index (κ1) is 6.95. The van der Waals surface area contributed by atoms with E-state index in [0.717, 1.165) is 29.5 Å². The molecule has 0 amide bonds. The third-order valence-corrected chi connectivity index (χ3v) is 2.39. The molecule has 2 heterocycles. The zero-order chi connectivity index (χ0) is 8.84. The number of hydrogen-bond donors (Lipinski definition) is 1. The van der Waals surface area contributed by atoms with E-state index in [1.807, 2.05) is 0 Å². The number of imidazole rings is 1. The van der Waals surface area contributed by atoms with Crippen LogP contribution < -0.4 is 0 Å². The van der Waals surface area contributed by atoms with Gasteiger partial charge in [-0.05, 0) is 18.1 Å². The molecular formula is C10H10N2O. The number of H-pyrrole nitrogens is 1. The molecule has 0 aliphatic heterocycles. The van der Waals surface area contributed by atoms with E-state index >= 15 is 0 Å². The van der Waals surface area contributed by atoms with Gasteiger partial charge < -0.3 is 9.40 Å². The van der Waals surface area contributed by atoms with E-state index < -0.39 is 0 Å². The lowest BCUT2D eigenvalue weighted by molar-refractivity contribution is 0.636. The van der Waals surface area contributed by atoms with Crippen LogP contribution in [-0.2, 0) is 6.42 Å². The van der Waals surface area contributed by atoms with E-state index in [1.54, 1.807) is 0 Å². The van der Waals surface area contributed by atoms with Crippen molar-refractivity contribution < 1.29 is 4.42 Å². The van der Waals surface area contributed by atoms with Crippen molar-refractivity contribution in [3.8, 4) is 0 Å². The van der Waals surface area contributed by atoms with Crippen LogP contribution in [0.2, 0.25) is 0 Å². The molecule has 0 saturated carbocycles. The van der Waals surface area contributed by atoms with Crippen LogP contribution in [0.3, 0.4) is 0 Å². The molecule has 3 nitrogen and oxygen atoms in total. The summed E-state index contributed by atoms with van der Waals surface area (Å²) in [6.07, 6.45) is 2.20. The third kappa shape index (κ3) is 0.813. The topological polar surface area (TPSA) is 41.8 Å². The lowest BCUT2D eigenvalue weighted by atomic mass is 10.1. The molecule has 1 aromatic carbocycles. The van der Waals surface area contributed by atoms with Crippen molar-refractivity contribution in [2.45, 2.75) is 19.8 Å². The highest BCUT2D eigenvalue weighted by Gasteiger charge is 2.13. The van der Waals surface area contributed by atoms with Crippen molar-refractivity contribution in [1.82, 2.24) is 9.97 Å². The van der Waals surface area contributed by atoms with E-state index in [9.17, 15) is 0 Å². The van der Waals surface area contributed by atoms with Crippen molar-refractivity contribution in [3.63, 3.8) is 0 Å². The average molecular weight is 174 g/mol. The highest BCUT2D eigenvalue weighted by molar-refractivity contribution is 5.94. The number of aryl methyl sites for hydroxylation is 1. The predicted octanol–water partition coefficient (Wildman–Crippen LogP) is 2.70. The van der Waals surface area contributed by atoms with Crippen LogP contribution in [0.4, 0.5) is 0 Å².